The van der Waals surface area contributed by atoms with E-state index in [4.69, 9.17) is 0 Å². The molecule has 1 fully saturated rings. The zero-order chi connectivity index (χ0) is 14.0. The zero-order valence-electron chi connectivity index (χ0n) is 11.7. The number of hydrogen-bond donors (Lipinski definition) is 1. The van der Waals surface area contributed by atoms with Crippen molar-refractivity contribution in [3.63, 3.8) is 0 Å². The van der Waals surface area contributed by atoms with E-state index in [1.807, 2.05) is 0 Å². The number of aromatic nitrogens is 2. The Bertz CT molecular complexity index is 418. The average molecular weight is 329 g/mol. The quantitative estimate of drug-likeness (QED) is 0.892. The fourth-order valence-corrected chi connectivity index (χ4v) is 2.75. The van der Waals surface area contributed by atoms with Gasteiger partial charge in [0.1, 0.15) is 0 Å². The van der Waals surface area contributed by atoms with Gasteiger partial charge in [0.2, 0.25) is 5.95 Å². The number of anilines is 1. The number of piperazine rings is 1. The molecule has 1 aromatic heterocycles. The van der Waals surface area contributed by atoms with Gasteiger partial charge in [0.05, 0.1) is 17.1 Å². The normalized spacial score (nSPS) is 21.7. The third-order valence-electron chi connectivity index (χ3n) is 3.44. The summed E-state index contributed by atoms with van der Waals surface area (Å²) in [7, 11) is 0. The Morgan fingerprint density at radius 1 is 1.32 bits per heavy atom. The van der Waals surface area contributed by atoms with Gasteiger partial charge in [-0.3, -0.25) is 4.90 Å². The number of halogens is 1. The zero-order valence-corrected chi connectivity index (χ0v) is 13.3. The highest BCUT2D eigenvalue weighted by atomic mass is 79.9. The van der Waals surface area contributed by atoms with Crippen LogP contribution in [0.5, 0.6) is 0 Å². The summed E-state index contributed by atoms with van der Waals surface area (Å²) in [4.78, 5) is 13.1. The van der Waals surface area contributed by atoms with Gasteiger partial charge < -0.3 is 10.0 Å². The minimum absolute atomic E-state index is 0.0695. The molecule has 19 heavy (non-hydrogen) atoms. The SMILES string of the molecule is CC(C)(C)N1CCN(c2ncc(Br)cn2)CC1CO. The van der Waals surface area contributed by atoms with Gasteiger partial charge in [-0.1, -0.05) is 0 Å². The first-order chi connectivity index (χ1) is 8.91. The van der Waals surface area contributed by atoms with Crippen LogP contribution in [0.1, 0.15) is 20.8 Å². The van der Waals surface area contributed by atoms with Crippen molar-refractivity contribution in [2.24, 2.45) is 0 Å². The van der Waals surface area contributed by atoms with E-state index in [9.17, 15) is 5.11 Å². The van der Waals surface area contributed by atoms with Crippen molar-refractivity contribution in [3.05, 3.63) is 16.9 Å². The maximum Gasteiger partial charge on any atom is 0.225 e. The second-order valence-corrected chi connectivity index (χ2v) is 6.76. The van der Waals surface area contributed by atoms with Gasteiger partial charge in [0, 0.05) is 37.6 Å². The molecule has 0 bridgehead atoms. The molecule has 5 nitrogen and oxygen atoms in total. The predicted molar refractivity (Wildman–Crippen MR) is 79.3 cm³/mol. The summed E-state index contributed by atoms with van der Waals surface area (Å²) in [6.45, 7) is 9.26. The van der Waals surface area contributed by atoms with Gasteiger partial charge in [-0.25, -0.2) is 9.97 Å². The molecule has 106 valence electrons. The summed E-state index contributed by atoms with van der Waals surface area (Å²) in [6.07, 6.45) is 3.51. The van der Waals surface area contributed by atoms with E-state index in [-0.39, 0.29) is 18.2 Å². The highest BCUT2D eigenvalue weighted by Gasteiger charge is 2.34. The lowest BCUT2D eigenvalue weighted by Gasteiger charge is -2.47. The Hall–Kier alpha value is -0.720. The molecule has 0 aliphatic carbocycles. The largest absolute Gasteiger partial charge is 0.395 e. The minimum Gasteiger partial charge on any atom is -0.395 e. The number of aliphatic hydroxyl groups is 1. The van der Waals surface area contributed by atoms with Gasteiger partial charge in [-0.15, -0.1) is 0 Å². The first-order valence-electron chi connectivity index (χ1n) is 6.52. The monoisotopic (exact) mass is 328 g/mol. The van der Waals surface area contributed by atoms with Crippen molar-refractivity contribution in [1.82, 2.24) is 14.9 Å². The van der Waals surface area contributed by atoms with Crippen LogP contribution in [0.2, 0.25) is 0 Å². The van der Waals surface area contributed by atoms with Crippen LogP contribution in [0.4, 0.5) is 5.95 Å². The molecule has 0 radical (unpaired) electrons. The molecule has 0 aromatic carbocycles. The molecule has 1 N–H and O–H groups in total. The van der Waals surface area contributed by atoms with E-state index < -0.39 is 0 Å². The molecule has 2 rings (SSSR count). The van der Waals surface area contributed by atoms with Gasteiger partial charge in [0.15, 0.2) is 0 Å². The molecular weight excluding hydrogens is 308 g/mol. The Kier molecular flexibility index (Phi) is 4.43. The standard InChI is InChI=1S/C13H21BrN4O/c1-13(2,3)18-5-4-17(8-11(18)9-19)12-15-6-10(14)7-16-12/h6-7,11,19H,4-5,8-9H2,1-3H3. The molecule has 2 heterocycles. The fourth-order valence-electron chi connectivity index (χ4n) is 2.55. The average Bonchev–Trinajstić information content (AvgIpc) is 2.38. The van der Waals surface area contributed by atoms with Crippen LogP contribution < -0.4 is 4.90 Å². The molecule has 0 spiro atoms. The smallest absolute Gasteiger partial charge is 0.225 e. The van der Waals surface area contributed by atoms with Gasteiger partial charge >= 0.3 is 0 Å². The summed E-state index contributed by atoms with van der Waals surface area (Å²) in [5, 5.41) is 9.62. The van der Waals surface area contributed by atoms with Crippen LogP contribution in [0, 0.1) is 0 Å². The topological polar surface area (TPSA) is 52.5 Å². The third kappa shape index (κ3) is 3.43. The molecule has 0 saturated carbocycles. The van der Waals surface area contributed by atoms with E-state index in [2.05, 4.69) is 56.5 Å². The number of nitrogens with zero attached hydrogens (tertiary/aromatic N) is 4. The second kappa shape index (κ2) is 5.73. The number of hydrogen-bond acceptors (Lipinski definition) is 5. The molecule has 1 saturated heterocycles. The molecule has 0 amide bonds. The molecular formula is C13H21BrN4O. The molecule has 1 aliphatic heterocycles. The van der Waals surface area contributed by atoms with E-state index in [0.717, 1.165) is 30.1 Å². The van der Waals surface area contributed by atoms with E-state index in [0.29, 0.717) is 0 Å². The molecule has 1 atom stereocenters. The maximum atomic E-state index is 9.62. The predicted octanol–water partition coefficient (Wildman–Crippen LogP) is 1.52. The van der Waals surface area contributed by atoms with Gasteiger partial charge in [0.25, 0.3) is 0 Å². The van der Waals surface area contributed by atoms with Crippen LogP contribution >= 0.6 is 15.9 Å². The first-order valence-corrected chi connectivity index (χ1v) is 7.31. The lowest BCUT2D eigenvalue weighted by atomic mass is 10.0. The van der Waals surface area contributed by atoms with Crippen molar-refractivity contribution < 1.29 is 5.11 Å². The lowest BCUT2D eigenvalue weighted by Crippen LogP contribution is -2.60. The van der Waals surface area contributed by atoms with Crippen molar-refractivity contribution in [2.45, 2.75) is 32.4 Å². The van der Waals surface area contributed by atoms with Crippen LogP contribution in [-0.2, 0) is 0 Å². The summed E-state index contributed by atoms with van der Waals surface area (Å²) in [6, 6.07) is 0.126. The number of rotatable bonds is 2. The Morgan fingerprint density at radius 3 is 2.47 bits per heavy atom. The number of aliphatic hydroxyl groups excluding tert-OH is 1. The summed E-state index contributed by atoms with van der Waals surface area (Å²) < 4.78 is 0.878. The van der Waals surface area contributed by atoms with Crippen LogP contribution in [0.25, 0.3) is 0 Å². The van der Waals surface area contributed by atoms with E-state index in [1.54, 1.807) is 12.4 Å². The van der Waals surface area contributed by atoms with Crippen molar-refractivity contribution in [2.75, 3.05) is 31.1 Å². The van der Waals surface area contributed by atoms with Gasteiger partial charge in [-0.2, -0.15) is 0 Å². The summed E-state index contributed by atoms with van der Waals surface area (Å²) >= 11 is 3.34. The Morgan fingerprint density at radius 2 is 1.95 bits per heavy atom. The lowest BCUT2D eigenvalue weighted by molar-refractivity contribution is 0.0370. The first kappa shape index (κ1) is 14.7. The summed E-state index contributed by atoms with van der Waals surface area (Å²) in [5.74, 6) is 0.732. The van der Waals surface area contributed by atoms with E-state index in [1.165, 1.54) is 0 Å². The highest BCUT2D eigenvalue weighted by molar-refractivity contribution is 9.10. The Balaban J connectivity index is 2.10. The van der Waals surface area contributed by atoms with Crippen molar-refractivity contribution in [1.29, 1.82) is 0 Å². The van der Waals surface area contributed by atoms with Crippen molar-refractivity contribution in [3.8, 4) is 0 Å². The molecule has 1 unspecified atom stereocenters. The minimum atomic E-state index is 0.0695. The van der Waals surface area contributed by atoms with Crippen LogP contribution in [0.3, 0.4) is 0 Å². The molecule has 6 heteroatoms. The van der Waals surface area contributed by atoms with Crippen LogP contribution in [0.15, 0.2) is 16.9 Å². The molecule has 1 aliphatic rings. The van der Waals surface area contributed by atoms with E-state index >= 15 is 0 Å². The maximum absolute atomic E-state index is 9.62. The van der Waals surface area contributed by atoms with Crippen LogP contribution in [-0.4, -0.2) is 57.8 Å². The summed E-state index contributed by atoms with van der Waals surface area (Å²) in [5.41, 5.74) is 0.0695. The Labute approximate surface area is 122 Å². The molecule has 1 aromatic rings. The third-order valence-corrected chi connectivity index (χ3v) is 3.85. The second-order valence-electron chi connectivity index (χ2n) is 5.85. The van der Waals surface area contributed by atoms with Crippen molar-refractivity contribution >= 4 is 21.9 Å². The highest BCUT2D eigenvalue weighted by Crippen LogP contribution is 2.23. The van der Waals surface area contributed by atoms with Gasteiger partial charge in [-0.05, 0) is 36.7 Å². The fraction of sp³-hybridized carbons (Fsp3) is 0.692.